The van der Waals surface area contributed by atoms with E-state index in [1.54, 1.807) is 19.6 Å². The molecule has 1 fully saturated rings. The van der Waals surface area contributed by atoms with Gasteiger partial charge in [0.1, 0.15) is 20.1 Å². The van der Waals surface area contributed by atoms with E-state index in [4.69, 9.17) is 4.74 Å². The van der Waals surface area contributed by atoms with Crippen molar-refractivity contribution in [2.24, 2.45) is 0 Å². The average Bonchev–Trinajstić information content (AvgIpc) is 2.72. The van der Waals surface area contributed by atoms with Crippen LogP contribution in [0, 0.1) is 11.5 Å². The number of hydrogen-bond acceptors (Lipinski definition) is 5. The van der Waals surface area contributed by atoms with Gasteiger partial charge < -0.3 is 10.1 Å². The smallest absolute Gasteiger partial charge is 0.160 e. The van der Waals surface area contributed by atoms with Crippen molar-refractivity contribution in [3.8, 4) is 17.2 Å². The fraction of sp³-hybridized carbons (Fsp3) is 0.700. The van der Waals surface area contributed by atoms with Crippen LogP contribution in [0.4, 0.5) is 0 Å². The molecule has 0 radical (unpaired) electrons. The second-order valence-electron chi connectivity index (χ2n) is 6.96. The third-order valence-corrected chi connectivity index (χ3v) is 10.5. The SMILES string of the molecule is CC[Si](C#CCCC(c1ncncc1OC)N1CCNCC1)(CC)CC. The summed E-state index contributed by atoms with van der Waals surface area (Å²) in [4.78, 5) is 11.2. The van der Waals surface area contributed by atoms with Crippen LogP contribution in [-0.4, -0.2) is 56.2 Å². The van der Waals surface area contributed by atoms with E-state index in [-0.39, 0.29) is 6.04 Å². The van der Waals surface area contributed by atoms with E-state index >= 15 is 0 Å². The lowest BCUT2D eigenvalue weighted by atomic mass is 10.0. The van der Waals surface area contributed by atoms with Crippen molar-refractivity contribution in [1.29, 1.82) is 0 Å². The molecule has 1 aromatic heterocycles. The number of ether oxygens (including phenoxy) is 1. The third kappa shape index (κ3) is 5.29. The Labute approximate surface area is 160 Å². The first-order valence-electron chi connectivity index (χ1n) is 9.98. The van der Waals surface area contributed by atoms with Gasteiger partial charge in [-0.2, -0.15) is 0 Å². The molecule has 6 heteroatoms. The van der Waals surface area contributed by atoms with E-state index < -0.39 is 8.07 Å². The molecule has 0 aromatic carbocycles. The number of rotatable bonds is 8. The summed E-state index contributed by atoms with van der Waals surface area (Å²) in [6, 6.07) is 4.01. The molecule has 1 saturated heterocycles. The Morgan fingerprint density at radius 3 is 2.54 bits per heavy atom. The molecule has 0 bridgehead atoms. The zero-order chi connectivity index (χ0) is 18.8. The highest BCUT2D eigenvalue weighted by Gasteiger charge is 2.26. The number of nitrogens with one attached hydrogen (secondary N) is 1. The first-order valence-corrected chi connectivity index (χ1v) is 12.6. The molecule has 2 heterocycles. The summed E-state index contributed by atoms with van der Waals surface area (Å²) in [7, 11) is 0.334. The quantitative estimate of drug-likeness (QED) is 0.559. The lowest BCUT2D eigenvalue weighted by Crippen LogP contribution is -2.45. The third-order valence-electron chi connectivity index (χ3n) is 5.76. The minimum Gasteiger partial charge on any atom is -0.493 e. The van der Waals surface area contributed by atoms with E-state index in [1.165, 1.54) is 18.1 Å². The van der Waals surface area contributed by atoms with Crippen molar-refractivity contribution in [3.63, 3.8) is 0 Å². The standard InChI is InChI=1S/C20H34N4OSi/c1-5-26(6-2,7-3)15-9-8-10-18(24-13-11-21-12-14-24)20-19(25-4)16-22-17-23-20/h16-18,21H,5-8,10-14H2,1-4H3. The summed E-state index contributed by atoms with van der Waals surface area (Å²) < 4.78 is 5.53. The molecular formula is C20H34N4OSi. The minimum absolute atomic E-state index is 0.241. The van der Waals surface area contributed by atoms with Crippen LogP contribution in [-0.2, 0) is 0 Å². The average molecular weight is 375 g/mol. The molecular weight excluding hydrogens is 340 g/mol. The number of piperazine rings is 1. The predicted molar refractivity (Wildman–Crippen MR) is 110 cm³/mol. The second kappa shape index (κ2) is 10.7. The van der Waals surface area contributed by atoms with Gasteiger partial charge in [0.15, 0.2) is 5.75 Å². The Kier molecular flexibility index (Phi) is 8.56. The van der Waals surface area contributed by atoms with E-state index in [9.17, 15) is 0 Å². The van der Waals surface area contributed by atoms with E-state index in [0.29, 0.717) is 0 Å². The Morgan fingerprint density at radius 1 is 1.23 bits per heavy atom. The van der Waals surface area contributed by atoms with Gasteiger partial charge in [-0.25, -0.2) is 9.97 Å². The van der Waals surface area contributed by atoms with Gasteiger partial charge in [-0.05, 0) is 24.6 Å². The van der Waals surface area contributed by atoms with Crippen LogP contribution in [0.3, 0.4) is 0 Å². The van der Waals surface area contributed by atoms with E-state index in [0.717, 1.165) is 50.5 Å². The van der Waals surface area contributed by atoms with Crippen molar-refractivity contribution in [3.05, 3.63) is 18.2 Å². The maximum atomic E-state index is 5.53. The first-order chi connectivity index (χ1) is 12.7. The van der Waals surface area contributed by atoms with Crippen LogP contribution in [0.2, 0.25) is 18.1 Å². The Morgan fingerprint density at radius 2 is 1.92 bits per heavy atom. The summed E-state index contributed by atoms with van der Waals surface area (Å²) in [6.45, 7) is 11.0. The molecule has 0 amide bonds. The highest BCUT2D eigenvalue weighted by molar-refractivity contribution is 6.87. The fourth-order valence-electron chi connectivity index (χ4n) is 3.69. The molecule has 0 spiro atoms. The highest BCUT2D eigenvalue weighted by atomic mass is 28.3. The lowest BCUT2D eigenvalue weighted by molar-refractivity contribution is 0.160. The number of nitrogens with zero attached hydrogens (tertiary/aromatic N) is 3. The molecule has 1 aromatic rings. The molecule has 1 N–H and O–H groups in total. The van der Waals surface area contributed by atoms with Crippen LogP contribution in [0.5, 0.6) is 5.75 Å². The largest absolute Gasteiger partial charge is 0.493 e. The van der Waals surface area contributed by atoms with Gasteiger partial charge in [-0.3, -0.25) is 4.90 Å². The topological polar surface area (TPSA) is 50.3 Å². The van der Waals surface area contributed by atoms with Crippen LogP contribution < -0.4 is 10.1 Å². The minimum atomic E-state index is -1.36. The maximum absolute atomic E-state index is 5.53. The van der Waals surface area contributed by atoms with Crippen molar-refractivity contribution >= 4 is 8.07 Å². The van der Waals surface area contributed by atoms with E-state index in [2.05, 4.69) is 52.4 Å². The van der Waals surface area contributed by atoms with Gasteiger partial charge >= 0.3 is 0 Å². The molecule has 1 unspecified atom stereocenters. The second-order valence-corrected chi connectivity index (χ2v) is 11.9. The highest BCUT2D eigenvalue weighted by Crippen LogP contribution is 2.30. The fourth-order valence-corrected chi connectivity index (χ4v) is 6.22. The van der Waals surface area contributed by atoms with Crippen LogP contribution >= 0.6 is 0 Å². The molecule has 5 nitrogen and oxygen atoms in total. The van der Waals surface area contributed by atoms with Crippen LogP contribution in [0.15, 0.2) is 12.5 Å². The zero-order valence-electron chi connectivity index (χ0n) is 16.8. The summed E-state index contributed by atoms with van der Waals surface area (Å²) in [5, 5.41) is 3.43. The molecule has 1 aliphatic rings. The van der Waals surface area contributed by atoms with Gasteiger partial charge in [-0.1, -0.05) is 20.8 Å². The molecule has 0 aliphatic carbocycles. The molecule has 144 valence electrons. The Hall–Kier alpha value is -1.42. The summed E-state index contributed by atoms with van der Waals surface area (Å²) in [5.74, 6) is 4.32. The van der Waals surface area contributed by atoms with Gasteiger partial charge in [0.25, 0.3) is 0 Å². The lowest BCUT2D eigenvalue weighted by Gasteiger charge is -2.34. The van der Waals surface area contributed by atoms with Gasteiger partial charge in [-0.15, -0.1) is 11.5 Å². The van der Waals surface area contributed by atoms with Crippen molar-refractivity contribution in [1.82, 2.24) is 20.2 Å². The molecule has 0 saturated carbocycles. The molecule has 1 atom stereocenters. The number of methoxy groups -OCH3 is 1. The monoisotopic (exact) mass is 374 g/mol. The van der Waals surface area contributed by atoms with Crippen molar-refractivity contribution in [2.45, 2.75) is 57.8 Å². The normalized spacial score (nSPS) is 16.6. The van der Waals surface area contributed by atoms with Crippen molar-refractivity contribution < 1.29 is 4.74 Å². The Bertz CT molecular complexity index is 595. The summed E-state index contributed by atoms with van der Waals surface area (Å²) >= 11 is 0. The summed E-state index contributed by atoms with van der Waals surface area (Å²) in [5.41, 5.74) is 4.71. The van der Waals surface area contributed by atoms with Crippen molar-refractivity contribution in [2.75, 3.05) is 33.3 Å². The number of aromatic nitrogens is 2. The predicted octanol–water partition coefficient (Wildman–Crippen LogP) is 3.26. The maximum Gasteiger partial charge on any atom is 0.160 e. The van der Waals surface area contributed by atoms with Crippen LogP contribution in [0.1, 0.15) is 45.3 Å². The van der Waals surface area contributed by atoms with E-state index in [1.807, 2.05) is 0 Å². The summed E-state index contributed by atoms with van der Waals surface area (Å²) in [6.07, 6.45) is 5.30. The zero-order valence-corrected chi connectivity index (χ0v) is 17.8. The van der Waals surface area contributed by atoms with Gasteiger partial charge in [0.05, 0.1) is 19.3 Å². The molecule has 2 rings (SSSR count). The van der Waals surface area contributed by atoms with Gasteiger partial charge in [0, 0.05) is 32.6 Å². The number of hydrogen-bond donors (Lipinski definition) is 1. The first kappa shape index (κ1) is 20.9. The molecule has 26 heavy (non-hydrogen) atoms. The van der Waals surface area contributed by atoms with Gasteiger partial charge in [0.2, 0.25) is 0 Å². The Balaban J connectivity index is 2.15. The van der Waals surface area contributed by atoms with Crippen LogP contribution in [0.25, 0.3) is 0 Å². The molecule has 1 aliphatic heterocycles.